The van der Waals surface area contributed by atoms with Gasteiger partial charge in [0.2, 0.25) is 5.91 Å². The van der Waals surface area contributed by atoms with Crippen molar-refractivity contribution < 1.29 is 18.8 Å². The van der Waals surface area contributed by atoms with Crippen LogP contribution >= 0.6 is 22.9 Å². The normalized spacial score (nSPS) is 17.3. The van der Waals surface area contributed by atoms with E-state index < -0.39 is 5.91 Å². The molecule has 12 heteroatoms. The van der Waals surface area contributed by atoms with Crippen LogP contribution < -0.4 is 5.32 Å². The average Bonchev–Trinajstić information content (AvgIpc) is 3.64. The molecule has 2 fully saturated rings. The first-order chi connectivity index (χ1) is 16.4. The number of aryl methyl sites for hydroxylation is 1. The molecule has 3 aromatic rings. The van der Waals surface area contributed by atoms with Crippen LogP contribution in [0, 0.1) is 12.3 Å². The van der Waals surface area contributed by atoms with E-state index in [2.05, 4.69) is 19.9 Å². The van der Waals surface area contributed by atoms with Crippen LogP contribution in [-0.4, -0.2) is 74.8 Å². The van der Waals surface area contributed by atoms with Gasteiger partial charge in [0.05, 0.1) is 18.5 Å². The lowest BCUT2D eigenvalue weighted by Gasteiger charge is -2.39. The number of hydrogen-bond donors (Lipinski definition) is 1. The molecule has 1 N–H and O–H groups in total. The van der Waals surface area contributed by atoms with Crippen molar-refractivity contribution in [1.29, 1.82) is 0 Å². The SMILES string of the molecule is Cc1nnsc1-c1nc(C(=O)N2CCC3(CCN(C(=O)CNC(=O)c4ccco4)CC3)C2)cs1. The van der Waals surface area contributed by atoms with E-state index in [-0.39, 0.29) is 29.5 Å². The summed E-state index contributed by atoms with van der Waals surface area (Å²) in [4.78, 5) is 46.7. The van der Waals surface area contributed by atoms with Crippen molar-refractivity contribution >= 4 is 40.6 Å². The monoisotopic (exact) mass is 500 g/mol. The van der Waals surface area contributed by atoms with E-state index >= 15 is 0 Å². The van der Waals surface area contributed by atoms with E-state index in [4.69, 9.17) is 4.42 Å². The maximum absolute atomic E-state index is 13.1. The van der Waals surface area contributed by atoms with E-state index in [1.54, 1.807) is 22.4 Å². The fourth-order valence-corrected chi connectivity index (χ4v) is 6.16. The number of furan rings is 1. The average molecular weight is 501 g/mol. The Bertz CT molecular complexity index is 1200. The minimum absolute atomic E-state index is 0.0287. The Balaban J connectivity index is 1.13. The Morgan fingerprint density at radius 1 is 1.18 bits per heavy atom. The Hall–Kier alpha value is -3.12. The highest BCUT2D eigenvalue weighted by atomic mass is 32.1. The Labute approximate surface area is 204 Å². The first-order valence-corrected chi connectivity index (χ1v) is 12.7. The molecular weight excluding hydrogens is 476 g/mol. The quantitative estimate of drug-likeness (QED) is 0.571. The molecule has 2 aliphatic rings. The lowest BCUT2D eigenvalue weighted by molar-refractivity contribution is -0.132. The third-order valence-corrected chi connectivity index (χ3v) is 8.44. The number of nitrogens with one attached hydrogen (secondary N) is 1. The predicted octanol–water partition coefficient (Wildman–Crippen LogP) is 2.45. The summed E-state index contributed by atoms with van der Waals surface area (Å²) < 4.78 is 8.99. The number of carbonyl (C=O) groups excluding carboxylic acids is 3. The molecule has 0 aliphatic carbocycles. The third kappa shape index (κ3) is 4.47. The van der Waals surface area contributed by atoms with E-state index in [9.17, 15) is 14.4 Å². The molecule has 10 nitrogen and oxygen atoms in total. The summed E-state index contributed by atoms with van der Waals surface area (Å²) in [5, 5.41) is 9.21. The van der Waals surface area contributed by atoms with E-state index in [1.807, 2.05) is 11.8 Å². The maximum atomic E-state index is 13.1. The van der Waals surface area contributed by atoms with Crippen LogP contribution in [0.4, 0.5) is 0 Å². The van der Waals surface area contributed by atoms with Crippen LogP contribution in [0.15, 0.2) is 28.2 Å². The lowest BCUT2D eigenvalue weighted by atomic mass is 9.78. The smallest absolute Gasteiger partial charge is 0.287 e. The largest absolute Gasteiger partial charge is 0.459 e. The van der Waals surface area contributed by atoms with Gasteiger partial charge in [-0.3, -0.25) is 14.4 Å². The molecular formula is C22H24N6O4S2. The van der Waals surface area contributed by atoms with Gasteiger partial charge in [0.25, 0.3) is 11.8 Å². The predicted molar refractivity (Wildman–Crippen MR) is 126 cm³/mol. The first-order valence-electron chi connectivity index (χ1n) is 11.1. The molecule has 0 bridgehead atoms. The maximum Gasteiger partial charge on any atom is 0.287 e. The molecule has 178 valence electrons. The second-order valence-corrected chi connectivity index (χ2v) is 10.4. The van der Waals surface area contributed by atoms with Gasteiger partial charge in [0.1, 0.15) is 15.6 Å². The van der Waals surface area contributed by atoms with E-state index in [0.717, 1.165) is 34.8 Å². The second kappa shape index (κ2) is 9.26. The van der Waals surface area contributed by atoms with Crippen LogP contribution in [0.1, 0.15) is 46.0 Å². The number of amides is 3. The van der Waals surface area contributed by atoms with Gasteiger partial charge in [-0.2, -0.15) is 0 Å². The molecule has 0 radical (unpaired) electrons. The van der Waals surface area contributed by atoms with Crippen molar-refractivity contribution in [2.75, 3.05) is 32.7 Å². The highest BCUT2D eigenvalue weighted by Gasteiger charge is 2.43. The first kappa shape index (κ1) is 22.7. The fraction of sp³-hybridized carbons (Fsp3) is 0.455. The van der Waals surface area contributed by atoms with Gasteiger partial charge in [-0.1, -0.05) is 4.49 Å². The number of aromatic nitrogens is 3. The van der Waals surface area contributed by atoms with Crippen molar-refractivity contribution in [1.82, 2.24) is 29.7 Å². The summed E-state index contributed by atoms with van der Waals surface area (Å²) in [6.07, 6.45) is 4.01. The molecule has 3 amide bonds. The standard InChI is InChI=1S/C22H24N6O4S2/c1-14-18(34-26-25-14)20-24-15(12-33-20)21(31)28-9-6-22(13-28)4-7-27(8-5-22)17(29)11-23-19(30)16-3-2-10-32-16/h2-3,10,12H,4-9,11,13H2,1H3,(H,23,30). The summed E-state index contributed by atoms with van der Waals surface area (Å²) in [6, 6.07) is 3.19. The van der Waals surface area contributed by atoms with Gasteiger partial charge in [-0.15, -0.1) is 16.4 Å². The molecule has 2 saturated heterocycles. The number of hydrogen-bond acceptors (Lipinski definition) is 9. The van der Waals surface area contributed by atoms with Crippen LogP contribution in [-0.2, 0) is 4.79 Å². The second-order valence-electron chi connectivity index (χ2n) is 8.74. The number of rotatable bonds is 5. The Kier molecular flexibility index (Phi) is 6.17. The van der Waals surface area contributed by atoms with Crippen molar-refractivity contribution in [3.05, 3.63) is 40.9 Å². The topological polar surface area (TPSA) is 122 Å². The fourth-order valence-electron chi connectivity index (χ4n) is 4.58. The summed E-state index contributed by atoms with van der Waals surface area (Å²) >= 11 is 2.72. The Morgan fingerprint density at radius 3 is 2.62 bits per heavy atom. The zero-order chi connectivity index (χ0) is 23.7. The number of nitrogens with zero attached hydrogens (tertiary/aromatic N) is 5. The van der Waals surface area contributed by atoms with E-state index in [0.29, 0.717) is 31.9 Å². The molecule has 1 spiro atoms. The molecule has 5 heterocycles. The number of piperidine rings is 1. The minimum Gasteiger partial charge on any atom is -0.459 e. The van der Waals surface area contributed by atoms with Gasteiger partial charge in [0, 0.05) is 31.6 Å². The zero-order valence-corrected chi connectivity index (χ0v) is 20.3. The highest BCUT2D eigenvalue weighted by Crippen LogP contribution is 2.41. The van der Waals surface area contributed by atoms with E-state index in [1.165, 1.54) is 29.1 Å². The minimum atomic E-state index is -0.399. The Morgan fingerprint density at radius 2 is 1.94 bits per heavy atom. The van der Waals surface area contributed by atoms with Gasteiger partial charge < -0.3 is 19.5 Å². The molecule has 5 rings (SSSR count). The molecule has 0 atom stereocenters. The summed E-state index contributed by atoms with van der Waals surface area (Å²) in [5.74, 6) is -0.367. The van der Waals surface area contributed by atoms with Gasteiger partial charge in [-0.05, 0) is 55.3 Å². The highest BCUT2D eigenvalue weighted by molar-refractivity contribution is 7.18. The summed E-state index contributed by atoms with van der Waals surface area (Å²) in [7, 11) is 0. The molecule has 0 saturated carbocycles. The van der Waals surface area contributed by atoms with Crippen molar-refractivity contribution in [3.63, 3.8) is 0 Å². The summed E-state index contributed by atoms with van der Waals surface area (Å²) in [6.45, 7) is 4.44. The van der Waals surface area contributed by atoms with Gasteiger partial charge in [-0.25, -0.2) is 4.98 Å². The van der Waals surface area contributed by atoms with Crippen molar-refractivity contribution in [2.24, 2.45) is 5.41 Å². The number of carbonyl (C=O) groups is 3. The van der Waals surface area contributed by atoms with Gasteiger partial charge in [0.15, 0.2) is 5.76 Å². The lowest BCUT2D eigenvalue weighted by Crippen LogP contribution is -2.47. The third-order valence-electron chi connectivity index (χ3n) is 6.62. The zero-order valence-electron chi connectivity index (χ0n) is 18.7. The summed E-state index contributed by atoms with van der Waals surface area (Å²) in [5.41, 5.74) is 1.31. The molecule has 0 aromatic carbocycles. The van der Waals surface area contributed by atoms with Crippen molar-refractivity contribution in [3.8, 4) is 9.88 Å². The van der Waals surface area contributed by atoms with Crippen LogP contribution in [0.3, 0.4) is 0 Å². The number of likely N-dealkylation sites (tertiary alicyclic amines) is 2. The van der Waals surface area contributed by atoms with Gasteiger partial charge >= 0.3 is 0 Å². The molecule has 34 heavy (non-hydrogen) atoms. The van der Waals surface area contributed by atoms with Crippen molar-refractivity contribution in [2.45, 2.75) is 26.2 Å². The van der Waals surface area contributed by atoms with Crippen LogP contribution in [0.25, 0.3) is 9.88 Å². The molecule has 2 aliphatic heterocycles. The molecule has 3 aromatic heterocycles. The molecule has 0 unspecified atom stereocenters. The van der Waals surface area contributed by atoms with Crippen LogP contribution in [0.5, 0.6) is 0 Å². The number of thiazole rings is 1. The van der Waals surface area contributed by atoms with Crippen LogP contribution in [0.2, 0.25) is 0 Å².